The molecule has 0 aliphatic carbocycles. The summed E-state index contributed by atoms with van der Waals surface area (Å²) >= 11 is 0. The summed E-state index contributed by atoms with van der Waals surface area (Å²) in [7, 11) is 0. The van der Waals surface area contributed by atoms with Crippen molar-refractivity contribution >= 4 is 12.0 Å². The summed E-state index contributed by atoms with van der Waals surface area (Å²) in [5.74, 6) is 0.0871. The van der Waals surface area contributed by atoms with Crippen molar-refractivity contribution in [3.05, 3.63) is 35.9 Å². The molecule has 0 spiro atoms. The van der Waals surface area contributed by atoms with Crippen molar-refractivity contribution in [1.29, 1.82) is 0 Å². The summed E-state index contributed by atoms with van der Waals surface area (Å²) in [5, 5.41) is 0. The van der Waals surface area contributed by atoms with Crippen LogP contribution in [0.4, 0.5) is 4.79 Å². The first-order valence-corrected chi connectivity index (χ1v) is 10.4. The van der Waals surface area contributed by atoms with Crippen LogP contribution in [0.5, 0.6) is 0 Å². The Morgan fingerprint density at radius 1 is 1.19 bits per heavy atom. The number of carbonyl (C=O) groups excluding carboxylic acids is 2. The molecule has 5 nitrogen and oxygen atoms in total. The highest BCUT2D eigenvalue weighted by Gasteiger charge is 2.44. The highest BCUT2D eigenvalue weighted by atomic mass is 16.6. The first kappa shape index (κ1) is 19.7. The predicted molar refractivity (Wildman–Crippen MR) is 105 cm³/mol. The molecule has 0 unspecified atom stereocenters. The van der Waals surface area contributed by atoms with Gasteiger partial charge in [0.25, 0.3) is 0 Å². The number of fused-ring (bicyclic) bond motifs is 1. The highest BCUT2D eigenvalue weighted by Crippen LogP contribution is 2.32. The van der Waals surface area contributed by atoms with Gasteiger partial charge in [0, 0.05) is 18.6 Å². The number of benzene rings is 1. The van der Waals surface area contributed by atoms with Crippen molar-refractivity contribution < 1.29 is 14.3 Å². The Balaban J connectivity index is 1.61. The van der Waals surface area contributed by atoms with E-state index in [-0.39, 0.29) is 24.6 Å². The third kappa shape index (κ3) is 4.63. The number of piperidine rings is 1. The average Bonchev–Trinajstić information content (AvgIpc) is 2.69. The summed E-state index contributed by atoms with van der Waals surface area (Å²) in [6.07, 6.45) is 7.50. The molecule has 27 heavy (non-hydrogen) atoms. The van der Waals surface area contributed by atoms with Gasteiger partial charge >= 0.3 is 6.09 Å². The average molecular weight is 373 g/mol. The molecule has 2 aliphatic rings. The van der Waals surface area contributed by atoms with Crippen LogP contribution in [0.1, 0.15) is 64.4 Å². The molecule has 0 saturated carbocycles. The lowest BCUT2D eigenvalue weighted by Gasteiger charge is -2.50. The van der Waals surface area contributed by atoms with Gasteiger partial charge in [-0.25, -0.2) is 4.79 Å². The van der Waals surface area contributed by atoms with Gasteiger partial charge in [0.15, 0.2) is 0 Å². The molecule has 2 amide bonds. The second-order valence-corrected chi connectivity index (χ2v) is 7.85. The van der Waals surface area contributed by atoms with Crippen LogP contribution in [0, 0.1) is 0 Å². The number of nitrogens with zero attached hydrogens (tertiary/aromatic N) is 2. The lowest BCUT2D eigenvalue weighted by molar-refractivity contribution is -0.150. The molecule has 0 aromatic heterocycles. The zero-order valence-corrected chi connectivity index (χ0v) is 16.6. The van der Waals surface area contributed by atoms with Crippen LogP contribution in [-0.2, 0) is 16.1 Å². The fraction of sp³-hybridized carbons (Fsp3) is 0.636. The third-order valence-electron chi connectivity index (χ3n) is 5.93. The van der Waals surface area contributed by atoms with Crippen molar-refractivity contribution in [2.75, 3.05) is 6.54 Å². The van der Waals surface area contributed by atoms with Crippen LogP contribution in [0.15, 0.2) is 30.3 Å². The van der Waals surface area contributed by atoms with Crippen molar-refractivity contribution in [2.45, 2.75) is 83.5 Å². The molecule has 2 heterocycles. The smallest absolute Gasteiger partial charge is 0.410 e. The first-order chi connectivity index (χ1) is 13.1. The number of hydrogen-bond acceptors (Lipinski definition) is 3. The Hall–Kier alpha value is -2.04. The molecule has 3 rings (SSSR count). The Bertz CT molecular complexity index is 634. The Morgan fingerprint density at radius 3 is 2.70 bits per heavy atom. The van der Waals surface area contributed by atoms with Gasteiger partial charge in [0.2, 0.25) is 5.91 Å². The van der Waals surface area contributed by atoms with Gasteiger partial charge in [0.05, 0.1) is 0 Å². The fourth-order valence-electron chi connectivity index (χ4n) is 4.39. The van der Waals surface area contributed by atoms with E-state index < -0.39 is 6.04 Å². The minimum absolute atomic E-state index is 0.0871. The SMILES string of the molecule is CCCCC[C@@H]1CCC[C@H]2CN(C(=O)OCc3ccccc3)[C@@H](C)C(=O)N12. The Morgan fingerprint density at radius 2 is 1.96 bits per heavy atom. The molecule has 0 N–H and O–H groups in total. The fourth-order valence-corrected chi connectivity index (χ4v) is 4.39. The second-order valence-electron chi connectivity index (χ2n) is 7.85. The molecule has 1 aromatic rings. The topological polar surface area (TPSA) is 49.9 Å². The van der Waals surface area contributed by atoms with Crippen LogP contribution in [0.3, 0.4) is 0 Å². The predicted octanol–water partition coefficient (Wildman–Crippen LogP) is 4.36. The van der Waals surface area contributed by atoms with Gasteiger partial charge in [-0.3, -0.25) is 9.69 Å². The van der Waals surface area contributed by atoms with E-state index in [9.17, 15) is 9.59 Å². The molecular formula is C22H32N2O3. The van der Waals surface area contributed by atoms with Gasteiger partial charge < -0.3 is 9.64 Å². The summed E-state index contributed by atoms with van der Waals surface area (Å²) in [4.78, 5) is 29.4. The van der Waals surface area contributed by atoms with Crippen molar-refractivity contribution in [1.82, 2.24) is 9.80 Å². The largest absolute Gasteiger partial charge is 0.445 e. The van der Waals surface area contributed by atoms with Gasteiger partial charge in [0.1, 0.15) is 12.6 Å². The van der Waals surface area contributed by atoms with E-state index in [1.54, 1.807) is 4.90 Å². The van der Waals surface area contributed by atoms with Crippen LogP contribution < -0.4 is 0 Å². The maximum absolute atomic E-state index is 13.1. The molecule has 1 aromatic carbocycles. The minimum atomic E-state index is -0.448. The minimum Gasteiger partial charge on any atom is -0.445 e. The van der Waals surface area contributed by atoms with E-state index in [2.05, 4.69) is 11.8 Å². The van der Waals surface area contributed by atoms with Gasteiger partial charge in [-0.05, 0) is 38.2 Å². The lowest BCUT2D eigenvalue weighted by Crippen LogP contribution is -2.65. The molecule has 0 radical (unpaired) electrons. The molecular weight excluding hydrogens is 340 g/mol. The zero-order valence-electron chi connectivity index (χ0n) is 16.6. The third-order valence-corrected chi connectivity index (χ3v) is 5.93. The van der Waals surface area contributed by atoms with E-state index >= 15 is 0 Å². The summed E-state index contributed by atoms with van der Waals surface area (Å²) in [6.45, 7) is 4.87. The second kappa shape index (κ2) is 9.25. The Labute approximate surface area is 162 Å². The molecule has 0 bridgehead atoms. The van der Waals surface area contributed by atoms with Gasteiger partial charge in [-0.15, -0.1) is 0 Å². The summed E-state index contributed by atoms with van der Waals surface area (Å²) in [6, 6.07) is 9.68. The molecule has 2 fully saturated rings. The van der Waals surface area contributed by atoms with Crippen LogP contribution in [0.25, 0.3) is 0 Å². The van der Waals surface area contributed by atoms with E-state index in [0.29, 0.717) is 12.6 Å². The summed E-state index contributed by atoms with van der Waals surface area (Å²) < 4.78 is 5.49. The van der Waals surface area contributed by atoms with E-state index in [0.717, 1.165) is 31.2 Å². The van der Waals surface area contributed by atoms with Crippen LogP contribution >= 0.6 is 0 Å². The standard InChI is InChI=1S/C22H32N2O3/c1-3-4-6-12-19-13-9-14-20-15-23(17(2)21(25)24(19)20)22(26)27-16-18-10-7-5-8-11-18/h5,7-8,10-11,17,19-20H,3-4,6,9,12-16H2,1-2H3/t17-,19+,20-/m0/s1. The molecule has 2 aliphatic heterocycles. The van der Waals surface area contributed by atoms with Crippen molar-refractivity contribution in [2.24, 2.45) is 0 Å². The van der Waals surface area contributed by atoms with E-state index in [1.807, 2.05) is 37.3 Å². The maximum Gasteiger partial charge on any atom is 0.410 e. The monoisotopic (exact) mass is 372 g/mol. The molecule has 148 valence electrons. The number of unbranched alkanes of at least 4 members (excludes halogenated alkanes) is 2. The van der Waals surface area contributed by atoms with Gasteiger partial charge in [-0.1, -0.05) is 56.5 Å². The number of amides is 2. The molecule has 2 saturated heterocycles. The maximum atomic E-state index is 13.1. The first-order valence-electron chi connectivity index (χ1n) is 10.4. The van der Waals surface area contributed by atoms with Crippen LogP contribution in [-0.4, -0.2) is 46.5 Å². The van der Waals surface area contributed by atoms with Crippen molar-refractivity contribution in [3.8, 4) is 0 Å². The van der Waals surface area contributed by atoms with Gasteiger partial charge in [-0.2, -0.15) is 0 Å². The quantitative estimate of drug-likeness (QED) is 0.697. The summed E-state index contributed by atoms with van der Waals surface area (Å²) in [5.41, 5.74) is 0.956. The number of rotatable bonds is 6. The normalized spacial score (nSPS) is 25.3. The van der Waals surface area contributed by atoms with E-state index in [1.165, 1.54) is 19.3 Å². The zero-order chi connectivity index (χ0) is 19.2. The lowest BCUT2D eigenvalue weighted by atomic mass is 9.89. The Kier molecular flexibility index (Phi) is 6.75. The van der Waals surface area contributed by atoms with Crippen molar-refractivity contribution in [3.63, 3.8) is 0 Å². The molecule has 5 heteroatoms. The highest BCUT2D eigenvalue weighted by molar-refractivity contribution is 5.87. The van der Waals surface area contributed by atoms with Crippen LogP contribution in [0.2, 0.25) is 0 Å². The number of carbonyl (C=O) groups is 2. The number of piperazine rings is 1. The number of hydrogen-bond donors (Lipinski definition) is 0. The van der Waals surface area contributed by atoms with E-state index in [4.69, 9.17) is 4.74 Å². The number of ether oxygens (including phenoxy) is 1. The molecule has 3 atom stereocenters.